The lowest BCUT2D eigenvalue weighted by atomic mass is 10.1. The first kappa shape index (κ1) is 9.00. The fourth-order valence-corrected chi connectivity index (χ4v) is 0.945. The van der Waals surface area contributed by atoms with Crippen molar-refractivity contribution in [3.63, 3.8) is 0 Å². The average Bonchev–Trinajstić information content (AvgIpc) is 2.17. The number of aromatic nitrogens is 1. The van der Waals surface area contributed by atoms with Crippen LogP contribution in [0.25, 0.3) is 0 Å². The van der Waals surface area contributed by atoms with Crippen LogP contribution in [-0.4, -0.2) is 18.6 Å². The second kappa shape index (κ2) is 4.07. The Kier molecular flexibility index (Phi) is 3.05. The molecule has 1 aromatic heterocycles. The lowest BCUT2D eigenvalue weighted by Crippen LogP contribution is -2.10. The van der Waals surface area contributed by atoms with Gasteiger partial charge in [-0.05, 0) is 6.07 Å². The van der Waals surface area contributed by atoms with Crippen LogP contribution >= 0.6 is 0 Å². The minimum absolute atomic E-state index is 0.292. The molecule has 2 N–H and O–H groups in total. The summed E-state index contributed by atoms with van der Waals surface area (Å²) < 4.78 is 5.07. The number of rotatable bonds is 3. The van der Waals surface area contributed by atoms with Gasteiger partial charge in [0.15, 0.2) is 0 Å². The van der Waals surface area contributed by atoms with Crippen molar-refractivity contribution < 1.29 is 4.74 Å². The van der Waals surface area contributed by atoms with Crippen LogP contribution in [0.1, 0.15) is 18.5 Å². The number of nitrogens with two attached hydrogens (primary N) is 1. The molecule has 0 aliphatic rings. The highest BCUT2D eigenvalue weighted by atomic mass is 16.5. The molecule has 0 amide bonds. The van der Waals surface area contributed by atoms with Crippen LogP contribution in [0.2, 0.25) is 0 Å². The summed E-state index contributed by atoms with van der Waals surface area (Å²) in [6.45, 7) is 2.65. The molecule has 0 aliphatic heterocycles. The Morgan fingerprint density at radius 2 is 2.42 bits per heavy atom. The fourth-order valence-electron chi connectivity index (χ4n) is 0.945. The number of hydrogen-bond acceptors (Lipinski definition) is 3. The van der Waals surface area contributed by atoms with E-state index >= 15 is 0 Å². The molecule has 1 rings (SSSR count). The van der Waals surface area contributed by atoms with E-state index in [9.17, 15) is 0 Å². The van der Waals surface area contributed by atoms with E-state index in [2.05, 4.69) is 4.98 Å². The molecule has 3 heteroatoms. The second-order valence-corrected chi connectivity index (χ2v) is 2.76. The predicted octanol–water partition coefficient (Wildman–Crippen LogP) is 1.15. The molecular formula is C9H14N2O. The van der Waals surface area contributed by atoms with Crippen molar-refractivity contribution in [3.8, 4) is 5.75 Å². The molecule has 0 aromatic carbocycles. The van der Waals surface area contributed by atoms with E-state index in [1.54, 1.807) is 13.3 Å². The summed E-state index contributed by atoms with van der Waals surface area (Å²) in [7, 11) is 1.65. The van der Waals surface area contributed by atoms with E-state index in [0.29, 0.717) is 12.5 Å². The third-order valence-corrected chi connectivity index (χ3v) is 1.85. The van der Waals surface area contributed by atoms with Gasteiger partial charge in [-0.25, -0.2) is 0 Å². The zero-order valence-electron chi connectivity index (χ0n) is 7.45. The van der Waals surface area contributed by atoms with Gasteiger partial charge in [0.25, 0.3) is 0 Å². The van der Waals surface area contributed by atoms with E-state index in [-0.39, 0.29) is 0 Å². The maximum atomic E-state index is 5.51. The van der Waals surface area contributed by atoms with Gasteiger partial charge in [-0.2, -0.15) is 0 Å². The van der Waals surface area contributed by atoms with Gasteiger partial charge in [0, 0.05) is 30.4 Å². The Labute approximate surface area is 72.6 Å². The number of hydrogen-bond donors (Lipinski definition) is 1. The maximum Gasteiger partial charge on any atom is 0.122 e. The van der Waals surface area contributed by atoms with E-state index in [1.807, 2.05) is 19.1 Å². The summed E-state index contributed by atoms with van der Waals surface area (Å²) >= 11 is 0. The van der Waals surface area contributed by atoms with Gasteiger partial charge in [-0.15, -0.1) is 0 Å². The highest BCUT2D eigenvalue weighted by molar-refractivity contribution is 5.24. The molecule has 0 bridgehead atoms. The van der Waals surface area contributed by atoms with Crippen LogP contribution in [0.4, 0.5) is 0 Å². The van der Waals surface area contributed by atoms with Gasteiger partial charge < -0.3 is 10.5 Å². The largest absolute Gasteiger partial charge is 0.497 e. The third kappa shape index (κ3) is 1.95. The summed E-state index contributed by atoms with van der Waals surface area (Å²) in [6.07, 6.45) is 1.74. The van der Waals surface area contributed by atoms with Gasteiger partial charge in [0.05, 0.1) is 7.11 Å². The Morgan fingerprint density at radius 3 is 3.00 bits per heavy atom. The van der Waals surface area contributed by atoms with E-state index in [1.165, 1.54) is 0 Å². The summed E-state index contributed by atoms with van der Waals surface area (Å²) in [5.41, 5.74) is 6.50. The Hall–Kier alpha value is -1.09. The SMILES string of the molecule is COc1ccnc([C@@H](C)CN)c1. The second-order valence-electron chi connectivity index (χ2n) is 2.76. The van der Waals surface area contributed by atoms with E-state index in [4.69, 9.17) is 10.5 Å². The molecule has 1 aromatic rings. The zero-order valence-corrected chi connectivity index (χ0v) is 7.45. The van der Waals surface area contributed by atoms with Crippen molar-refractivity contribution in [1.29, 1.82) is 0 Å². The van der Waals surface area contributed by atoms with E-state index in [0.717, 1.165) is 11.4 Å². The Bertz CT molecular complexity index is 250. The quantitative estimate of drug-likeness (QED) is 0.732. The molecule has 0 radical (unpaired) electrons. The molecule has 0 aliphatic carbocycles. The molecule has 0 unspecified atom stereocenters. The van der Waals surface area contributed by atoms with Gasteiger partial charge in [0.1, 0.15) is 5.75 Å². The molecule has 0 saturated heterocycles. The molecule has 66 valence electrons. The molecule has 3 nitrogen and oxygen atoms in total. The molecule has 0 saturated carbocycles. The van der Waals surface area contributed by atoms with Gasteiger partial charge in [-0.3, -0.25) is 4.98 Å². The van der Waals surface area contributed by atoms with Crippen LogP contribution < -0.4 is 10.5 Å². The molecule has 1 atom stereocenters. The zero-order chi connectivity index (χ0) is 8.97. The summed E-state index contributed by atoms with van der Waals surface area (Å²) in [5, 5.41) is 0. The lowest BCUT2D eigenvalue weighted by molar-refractivity contribution is 0.413. The molecule has 1 heterocycles. The smallest absolute Gasteiger partial charge is 0.122 e. The number of pyridine rings is 1. The molecule has 0 spiro atoms. The topological polar surface area (TPSA) is 48.1 Å². The van der Waals surface area contributed by atoms with Crippen molar-refractivity contribution >= 4 is 0 Å². The maximum absolute atomic E-state index is 5.51. The van der Waals surface area contributed by atoms with Crippen molar-refractivity contribution in [2.24, 2.45) is 5.73 Å². The standard InChI is InChI=1S/C9H14N2O/c1-7(6-10)9-5-8(12-2)3-4-11-9/h3-5,7H,6,10H2,1-2H3/t7-/m0/s1. The van der Waals surface area contributed by atoms with E-state index < -0.39 is 0 Å². The Balaban J connectivity index is 2.86. The van der Waals surface area contributed by atoms with Gasteiger partial charge in [0.2, 0.25) is 0 Å². The van der Waals surface area contributed by atoms with Crippen molar-refractivity contribution in [3.05, 3.63) is 24.0 Å². The summed E-state index contributed by atoms with van der Waals surface area (Å²) in [6, 6.07) is 3.74. The van der Waals surface area contributed by atoms with Crippen LogP contribution in [-0.2, 0) is 0 Å². The lowest BCUT2D eigenvalue weighted by Gasteiger charge is -2.08. The normalized spacial score (nSPS) is 12.6. The van der Waals surface area contributed by atoms with Gasteiger partial charge in [-0.1, -0.05) is 6.92 Å². The first-order chi connectivity index (χ1) is 5.77. The monoisotopic (exact) mass is 166 g/mol. The van der Waals surface area contributed by atoms with Crippen molar-refractivity contribution in [2.45, 2.75) is 12.8 Å². The van der Waals surface area contributed by atoms with Crippen molar-refractivity contribution in [1.82, 2.24) is 4.98 Å². The Morgan fingerprint density at radius 1 is 1.67 bits per heavy atom. The minimum atomic E-state index is 0.292. The third-order valence-electron chi connectivity index (χ3n) is 1.85. The minimum Gasteiger partial charge on any atom is -0.497 e. The first-order valence-electron chi connectivity index (χ1n) is 3.98. The fraction of sp³-hybridized carbons (Fsp3) is 0.444. The number of nitrogens with zero attached hydrogens (tertiary/aromatic N) is 1. The van der Waals surface area contributed by atoms with Crippen molar-refractivity contribution in [2.75, 3.05) is 13.7 Å². The first-order valence-corrected chi connectivity index (χ1v) is 3.98. The number of methoxy groups -OCH3 is 1. The average molecular weight is 166 g/mol. The van der Waals surface area contributed by atoms with Crippen LogP contribution in [0.3, 0.4) is 0 Å². The summed E-state index contributed by atoms with van der Waals surface area (Å²) in [4.78, 5) is 4.20. The molecular weight excluding hydrogens is 152 g/mol. The molecule has 12 heavy (non-hydrogen) atoms. The van der Waals surface area contributed by atoms with Crippen LogP contribution in [0, 0.1) is 0 Å². The van der Waals surface area contributed by atoms with Crippen LogP contribution in [0.5, 0.6) is 5.75 Å². The van der Waals surface area contributed by atoms with Gasteiger partial charge >= 0.3 is 0 Å². The highest BCUT2D eigenvalue weighted by Gasteiger charge is 2.04. The summed E-state index contributed by atoms with van der Waals surface area (Å²) in [5.74, 6) is 1.13. The molecule has 0 fully saturated rings. The van der Waals surface area contributed by atoms with Crippen LogP contribution in [0.15, 0.2) is 18.3 Å². The predicted molar refractivity (Wildman–Crippen MR) is 48.3 cm³/mol. The highest BCUT2D eigenvalue weighted by Crippen LogP contribution is 2.16. The number of ether oxygens (including phenoxy) is 1.